The molecular weight excluding hydrogens is 475 g/mol. The van der Waals surface area contributed by atoms with E-state index in [1.807, 2.05) is 24.7 Å². The van der Waals surface area contributed by atoms with Gasteiger partial charge in [0.25, 0.3) is 0 Å². The second kappa shape index (κ2) is 13.4. The Balaban J connectivity index is 0.000000194. The molecule has 188 valence electrons. The Labute approximate surface area is 230 Å². The van der Waals surface area contributed by atoms with E-state index in [0.717, 1.165) is 0 Å². The van der Waals surface area contributed by atoms with Crippen molar-refractivity contribution >= 4 is 22.9 Å². The van der Waals surface area contributed by atoms with Gasteiger partial charge in [0.15, 0.2) is 0 Å². The molecule has 0 aliphatic carbocycles. The smallest absolute Gasteiger partial charge is 0.130 e. The first-order valence-electron chi connectivity index (χ1n) is 13.2. The zero-order valence-corrected chi connectivity index (χ0v) is 23.7. The summed E-state index contributed by atoms with van der Waals surface area (Å²) in [5.41, 5.74) is 6.99. The standard InChI is InChI=1S/C20H22N2Si.C14H13B/c1-3-17(2)23-20(22-15-14-21-16-22,18-10-6-4-7-11-18)19-12-8-5-9-13-19;15-11-14(12-7-3-1-4-8-12)13-9-5-2-6-10-13/h3-17H,1,23H2,2H3;1-11H,15H2. The van der Waals surface area contributed by atoms with Gasteiger partial charge in [0, 0.05) is 12.4 Å². The highest BCUT2D eigenvalue weighted by molar-refractivity contribution is 6.44. The van der Waals surface area contributed by atoms with Crippen LogP contribution < -0.4 is 0 Å². The second-order valence-electron chi connectivity index (χ2n) is 9.41. The van der Waals surface area contributed by atoms with Crippen molar-refractivity contribution in [2.45, 2.75) is 17.6 Å². The van der Waals surface area contributed by atoms with Crippen molar-refractivity contribution in [3.05, 3.63) is 181 Å². The maximum absolute atomic E-state index is 4.33. The molecule has 1 atom stereocenters. The molecule has 0 fully saturated rings. The van der Waals surface area contributed by atoms with Gasteiger partial charge in [-0.05, 0) is 33.4 Å². The first-order valence-corrected chi connectivity index (χ1v) is 14.7. The molecule has 2 nitrogen and oxygen atoms in total. The van der Waals surface area contributed by atoms with Gasteiger partial charge < -0.3 is 4.57 Å². The van der Waals surface area contributed by atoms with E-state index in [-0.39, 0.29) is 5.16 Å². The molecule has 38 heavy (non-hydrogen) atoms. The third-order valence-corrected chi connectivity index (χ3v) is 9.68. The van der Waals surface area contributed by atoms with Crippen molar-refractivity contribution < 1.29 is 0 Å². The lowest BCUT2D eigenvalue weighted by atomic mass is 9.92. The Bertz CT molecular complexity index is 1320. The van der Waals surface area contributed by atoms with Crippen LogP contribution in [-0.2, 0) is 5.16 Å². The maximum Gasteiger partial charge on any atom is 0.130 e. The molecule has 0 saturated heterocycles. The van der Waals surface area contributed by atoms with E-state index in [0.29, 0.717) is 5.54 Å². The molecule has 1 aromatic heterocycles. The zero-order chi connectivity index (χ0) is 26.6. The maximum atomic E-state index is 4.33. The highest BCUT2D eigenvalue weighted by Crippen LogP contribution is 2.36. The number of nitrogens with zero attached hydrogens (tertiary/aromatic N) is 2. The van der Waals surface area contributed by atoms with E-state index >= 15 is 0 Å². The Morgan fingerprint density at radius 1 is 0.789 bits per heavy atom. The van der Waals surface area contributed by atoms with Crippen LogP contribution in [0.3, 0.4) is 0 Å². The minimum Gasteiger partial charge on any atom is -0.327 e. The van der Waals surface area contributed by atoms with E-state index in [1.165, 1.54) is 27.8 Å². The van der Waals surface area contributed by atoms with Crippen LogP contribution in [-0.4, -0.2) is 26.9 Å². The van der Waals surface area contributed by atoms with Crippen LogP contribution in [0, 0.1) is 0 Å². The van der Waals surface area contributed by atoms with Crippen LogP contribution in [0.15, 0.2) is 159 Å². The molecule has 0 saturated carbocycles. The predicted molar refractivity (Wildman–Crippen MR) is 168 cm³/mol. The van der Waals surface area contributed by atoms with Gasteiger partial charge in [-0.2, -0.15) is 0 Å². The highest BCUT2D eigenvalue weighted by Gasteiger charge is 2.37. The van der Waals surface area contributed by atoms with Gasteiger partial charge in [-0.1, -0.05) is 134 Å². The third-order valence-electron chi connectivity index (χ3n) is 6.93. The zero-order valence-electron chi connectivity index (χ0n) is 22.3. The molecule has 1 unspecified atom stereocenters. The van der Waals surface area contributed by atoms with Gasteiger partial charge in [-0.15, -0.1) is 12.6 Å². The minimum atomic E-state index is -0.618. The minimum absolute atomic E-state index is 0.146. The molecule has 0 N–H and O–H groups in total. The van der Waals surface area contributed by atoms with Gasteiger partial charge in [0.1, 0.15) is 7.85 Å². The molecule has 0 aliphatic heterocycles. The number of aromatic nitrogens is 2. The molecule has 4 aromatic carbocycles. The summed E-state index contributed by atoms with van der Waals surface area (Å²) in [4.78, 5) is 4.33. The number of imidazole rings is 1. The topological polar surface area (TPSA) is 17.8 Å². The summed E-state index contributed by atoms with van der Waals surface area (Å²) in [6, 6.07) is 42.5. The first-order chi connectivity index (χ1) is 18.7. The molecule has 5 aromatic rings. The lowest BCUT2D eigenvalue weighted by Crippen LogP contribution is -2.42. The van der Waals surface area contributed by atoms with E-state index in [2.05, 4.69) is 158 Å². The lowest BCUT2D eigenvalue weighted by molar-refractivity contribution is 0.588. The summed E-state index contributed by atoms with van der Waals surface area (Å²) < 4.78 is 2.28. The SMILES string of the molecule is BC=C(c1ccccc1)c1ccccc1.C=CC(C)[SiH2]C(c1ccccc1)(c1ccccc1)n1ccnc1. The van der Waals surface area contributed by atoms with Crippen molar-refractivity contribution in [2.24, 2.45) is 0 Å². The summed E-state index contributed by atoms with van der Waals surface area (Å²) in [6.07, 6.45) is 7.99. The molecule has 0 bridgehead atoms. The summed E-state index contributed by atoms with van der Waals surface area (Å²) in [5, 5.41) is -0.146. The van der Waals surface area contributed by atoms with Crippen LogP contribution in [0.2, 0.25) is 5.54 Å². The Hall–Kier alpha value is -4.15. The number of rotatable bonds is 8. The van der Waals surface area contributed by atoms with Gasteiger partial charge >= 0.3 is 0 Å². The second-order valence-corrected chi connectivity index (χ2v) is 12.1. The first kappa shape index (κ1) is 26.9. The largest absolute Gasteiger partial charge is 0.327 e. The van der Waals surface area contributed by atoms with Crippen LogP contribution >= 0.6 is 0 Å². The molecule has 0 spiro atoms. The number of hydrogen-bond acceptors (Lipinski definition) is 1. The van der Waals surface area contributed by atoms with Gasteiger partial charge in [-0.3, -0.25) is 0 Å². The summed E-state index contributed by atoms with van der Waals surface area (Å²) in [5.74, 6) is 2.16. The van der Waals surface area contributed by atoms with E-state index in [4.69, 9.17) is 0 Å². The molecule has 0 radical (unpaired) electrons. The third kappa shape index (κ3) is 6.21. The number of hydrogen-bond donors (Lipinski definition) is 0. The monoisotopic (exact) mass is 510 g/mol. The number of benzene rings is 4. The Morgan fingerprint density at radius 3 is 1.61 bits per heavy atom. The van der Waals surface area contributed by atoms with E-state index < -0.39 is 9.52 Å². The predicted octanol–water partition coefficient (Wildman–Crippen LogP) is 6.50. The summed E-state index contributed by atoms with van der Waals surface area (Å²) >= 11 is 0. The van der Waals surface area contributed by atoms with E-state index in [1.54, 1.807) is 0 Å². The van der Waals surface area contributed by atoms with Crippen molar-refractivity contribution in [1.82, 2.24) is 9.55 Å². The van der Waals surface area contributed by atoms with Crippen LogP contribution in [0.1, 0.15) is 29.2 Å². The average molecular weight is 511 g/mol. The molecule has 0 amide bonds. The van der Waals surface area contributed by atoms with Crippen LogP contribution in [0.5, 0.6) is 0 Å². The normalized spacial score (nSPS) is 11.8. The van der Waals surface area contributed by atoms with Crippen LogP contribution in [0.4, 0.5) is 0 Å². The molecule has 4 heteroatoms. The fraction of sp³-hybridized carbons (Fsp3) is 0.0882. The van der Waals surface area contributed by atoms with Crippen molar-refractivity contribution in [2.75, 3.05) is 0 Å². The Kier molecular flexibility index (Phi) is 9.49. The molecule has 1 heterocycles. The van der Waals surface area contributed by atoms with Crippen molar-refractivity contribution in [3.63, 3.8) is 0 Å². The summed E-state index contributed by atoms with van der Waals surface area (Å²) in [7, 11) is 1.46. The highest BCUT2D eigenvalue weighted by atomic mass is 28.2. The Morgan fingerprint density at radius 2 is 1.24 bits per heavy atom. The molecular formula is C34H35BN2Si. The van der Waals surface area contributed by atoms with Crippen molar-refractivity contribution in [3.8, 4) is 0 Å². The quantitative estimate of drug-likeness (QED) is 0.172. The molecule has 0 aliphatic rings. The molecule has 5 rings (SSSR count). The fourth-order valence-corrected chi connectivity index (χ4v) is 7.44. The van der Waals surface area contributed by atoms with E-state index in [9.17, 15) is 0 Å². The fourth-order valence-electron chi connectivity index (χ4n) is 5.00. The average Bonchev–Trinajstić information content (AvgIpc) is 3.54. The van der Waals surface area contributed by atoms with Gasteiger partial charge in [0.05, 0.1) is 21.0 Å². The lowest BCUT2D eigenvalue weighted by Gasteiger charge is -2.38. The van der Waals surface area contributed by atoms with Gasteiger partial charge in [-0.25, -0.2) is 4.98 Å². The summed E-state index contributed by atoms with van der Waals surface area (Å²) in [6.45, 7) is 6.30. The van der Waals surface area contributed by atoms with Crippen molar-refractivity contribution in [1.29, 1.82) is 0 Å². The van der Waals surface area contributed by atoms with Crippen LogP contribution in [0.25, 0.3) is 5.57 Å². The number of allylic oxidation sites excluding steroid dienone is 1. The van der Waals surface area contributed by atoms with Gasteiger partial charge in [0.2, 0.25) is 0 Å².